The number of rotatable bonds is 8. The zero-order valence-electron chi connectivity index (χ0n) is 28.0. The first kappa shape index (κ1) is 33.4. The van der Waals surface area contributed by atoms with Crippen LogP contribution in [0.5, 0.6) is 5.75 Å². The topological polar surface area (TPSA) is 150 Å². The van der Waals surface area contributed by atoms with Gasteiger partial charge in [-0.2, -0.15) is 9.78 Å². The Hall–Kier alpha value is -5.00. The second-order valence-electron chi connectivity index (χ2n) is 13.5. The highest BCUT2D eigenvalue weighted by Gasteiger charge is 2.34. The van der Waals surface area contributed by atoms with Crippen LogP contribution in [0.1, 0.15) is 86.9 Å². The summed E-state index contributed by atoms with van der Waals surface area (Å²) >= 11 is 0. The molecule has 1 amide bonds. The van der Waals surface area contributed by atoms with Crippen molar-refractivity contribution in [2.24, 2.45) is 0 Å². The van der Waals surface area contributed by atoms with Crippen LogP contribution in [0.4, 0.5) is 10.6 Å². The predicted molar refractivity (Wildman–Crippen MR) is 179 cm³/mol. The van der Waals surface area contributed by atoms with Crippen LogP contribution in [0, 0.1) is 13.8 Å². The minimum atomic E-state index is -0.866. The quantitative estimate of drug-likeness (QED) is 0.275. The van der Waals surface area contributed by atoms with Gasteiger partial charge in [-0.05, 0) is 105 Å². The van der Waals surface area contributed by atoms with E-state index in [2.05, 4.69) is 22.3 Å². The van der Waals surface area contributed by atoms with E-state index < -0.39 is 22.9 Å². The van der Waals surface area contributed by atoms with Crippen LogP contribution < -0.4 is 26.9 Å². The van der Waals surface area contributed by atoms with Gasteiger partial charge >= 0.3 is 11.8 Å². The first-order valence-corrected chi connectivity index (χ1v) is 15.7. The van der Waals surface area contributed by atoms with Gasteiger partial charge in [0.15, 0.2) is 0 Å². The van der Waals surface area contributed by atoms with Crippen LogP contribution in [0.3, 0.4) is 0 Å². The number of carbonyl (C=O) groups excluding carboxylic acids is 1. The lowest BCUT2D eigenvalue weighted by atomic mass is 9.81. The lowest BCUT2D eigenvalue weighted by Gasteiger charge is -2.25. The summed E-state index contributed by atoms with van der Waals surface area (Å²) in [4.78, 5) is 53.6. The van der Waals surface area contributed by atoms with Gasteiger partial charge in [-0.1, -0.05) is 31.9 Å². The van der Waals surface area contributed by atoms with E-state index in [9.17, 15) is 19.2 Å². The van der Waals surface area contributed by atoms with Gasteiger partial charge in [-0.15, -0.1) is 5.10 Å². The van der Waals surface area contributed by atoms with Crippen molar-refractivity contribution in [3.63, 3.8) is 0 Å². The number of H-pyrrole nitrogens is 1. The van der Waals surface area contributed by atoms with E-state index in [0.717, 1.165) is 69.6 Å². The largest absolute Gasteiger partial charge is 0.497 e. The first-order chi connectivity index (χ1) is 22.2. The Morgan fingerprint density at radius 1 is 1.00 bits per heavy atom. The summed E-state index contributed by atoms with van der Waals surface area (Å²) in [7, 11) is 1.62. The molecule has 2 N–H and O–H groups in total. The van der Waals surface area contributed by atoms with Crippen LogP contribution in [0.25, 0.3) is 5.69 Å². The van der Waals surface area contributed by atoms with Crippen molar-refractivity contribution in [1.82, 2.24) is 24.5 Å². The maximum absolute atomic E-state index is 13.8. The van der Waals surface area contributed by atoms with Crippen molar-refractivity contribution in [2.45, 2.75) is 91.2 Å². The van der Waals surface area contributed by atoms with Crippen LogP contribution >= 0.6 is 0 Å². The molecule has 2 aromatic carbocycles. The fraction of sp³-hybridized carbons (Fsp3) is 0.429. The molecule has 4 aromatic rings. The van der Waals surface area contributed by atoms with Crippen molar-refractivity contribution >= 4 is 11.9 Å². The monoisotopic (exact) mass is 642 g/mol. The van der Waals surface area contributed by atoms with Crippen molar-refractivity contribution in [3.8, 4) is 11.4 Å². The minimum absolute atomic E-state index is 0.0722. The Morgan fingerprint density at radius 2 is 1.64 bits per heavy atom. The summed E-state index contributed by atoms with van der Waals surface area (Å²) in [5, 5.41) is 11.3. The van der Waals surface area contributed by atoms with E-state index in [1.165, 1.54) is 0 Å². The summed E-state index contributed by atoms with van der Waals surface area (Å²) in [5.74, 6) is 0.376. The van der Waals surface area contributed by atoms with Crippen molar-refractivity contribution in [1.29, 1.82) is 0 Å². The van der Waals surface area contributed by atoms with Gasteiger partial charge in [0.25, 0.3) is 11.1 Å². The van der Waals surface area contributed by atoms with Gasteiger partial charge in [0.05, 0.1) is 25.0 Å². The summed E-state index contributed by atoms with van der Waals surface area (Å²) < 4.78 is 13.1. The number of hydrogen-bond donors (Lipinski definition) is 2. The molecule has 12 heteroatoms. The predicted octanol–water partition coefficient (Wildman–Crippen LogP) is 4.92. The Labute approximate surface area is 272 Å². The van der Waals surface area contributed by atoms with Gasteiger partial charge in [0.1, 0.15) is 11.4 Å². The number of benzene rings is 2. The molecule has 1 saturated carbocycles. The molecule has 5 rings (SSSR count). The summed E-state index contributed by atoms with van der Waals surface area (Å²) in [5.41, 5.74) is 2.95. The normalized spacial score (nSPS) is 14.2. The number of carbonyl (C=O) groups is 1. The smallest absolute Gasteiger partial charge is 0.413 e. The number of nitrogens with one attached hydrogen (secondary N) is 2. The van der Waals surface area contributed by atoms with Gasteiger partial charge < -0.3 is 9.47 Å². The molecule has 0 aliphatic heterocycles. The number of amides is 1. The molecule has 0 bridgehead atoms. The van der Waals surface area contributed by atoms with Crippen molar-refractivity contribution in [2.75, 3.05) is 12.4 Å². The van der Waals surface area contributed by atoms with Gasteiger partial charge in [0.2, 0.25) is 5.82 Å². The highest BCUT2D eigenvalue weighted by Crippen LogP contribution is 2.39. The number of methoxy groups -OCH3 is 1. The maximum atomic E-state index is 13.8. The summed E-state index contributed by atoms with van der Waals surface area (Å²) in [6.45, 7) is 11.4. The highest BCUT2D eigenvalue weighted by molar-refractivity contribution is 5.83. The second kappa shape index (κ2) is 13.0. The van der Waals surface area contributed by atoms with Gasteiger partial charge in [-0.25, -0.2) is 14.3 Å². The number of aromatic amines is 1. The van der Waals surface area contributed by atoms with Gasteiger partial charge in [-0.3, -0.25) is 19.9 Å². The molecule has 2 aromatic heterocycles. The molecule has 0 spiro atoms. The third kappa shape index (κ3) is 7.53. The number of anilines is 1. The molecule has 1 aliphatic rings. The minimum Gasteiger partial charge on any atom is -0.497 e. The molecule has 0 radical (unpaired) electrons. The van der Waals surface area contributed by atoms with Crippen LogP contribution in [0.2, 0.25) is 0 Å². The molecule has 0 saturated heterocycles. The third-order valence-electron chi connectivity index (χ3n) is 8.60. The average Bonchev–Trinajstić information content (AvgIpc) is 3.44. The van der Waals surface area contributed by atoms with Crippen LogP contribution in [-0.2, 0) is 23.1 Å². The Morgan fingerprint density at radius 3 is 2.23 bits per heavy atom. The molecule has 12 nitrogen and oxygen atoms in total. The van der Waals surface area contributed by atoms with E-state index in [0.29, 0.717) is 18.7 Å². The van der Waals surface area contributed by atoms with E-state index >= 15 is 0 Å². The number of aryl methyl sites for hydroxylation is 2. The van der Waals surface area contributed by atoms with Gasteiger partial charge in [0, 0.05) is 12.0 Å². The van der Waals surface area contributed by atoms with Crippen molar-refractivity contribution in [3.05, 3.63) is 107 Å². The molecular formula is C35H42N6O6. The Bertz CT molecular complexity index is 1960. The zero-order chi connectivity index (χ0) is 34.1. The molecule has 2 heterocycles. The van der Waals surface area contributed by atoms with Crippen LogP contribution in [-0.4, -0.2) is 43.3 Å². The number of hydrogen-bond acceptors (Lipinski definition) is 8. The fourth-order valence-electron chi connectivity index (χ4n) is 6.16. The average molecular weight is 643 g/mol. The maximum Gasteiger partial charge on any atom is 0.413 e. The molecule has 0 atom stereocenters. The molecule has 248 valence electrons. The molecule has 47 heavy (non-hydrogen) atoms. The fourth-order valence-corrected chi connectivity index (χ4v) is 6.16. The van der Waals surface area contributed by atoms with Crippen LogP contribution in [0.15, 0.2) is 56.8 Å². The Balaban J connectivity index is 1.50. The SMILES string of the molecule is COc1ccc(Cn2nc(Cc3c(C)cc(-n4nc(NC(=O)OC(C)(C)C)c(=O)[nH]c4=O)cc3C)cc(C3(C)CCCC3)c2=O)cc1. The number of aromatic nitrogens is 5. The third-order valence-corrected chi connectivity index (χ3v) is 8.60. The lowest BCUT2D eigenvalue weighted by molar-refractivity contribution is 0.0634. The zero-order valence-corrected chi connectivity index (χ0v) is 28.0. The van der Waals surface area contributed by atoms with Crippen molar-refractivity contribution < 1.29 is 14.3 Å². The first-order valence-electron chi connectivity index (χ1n) is 15.7. The van der Waals surface area contributed by atoms with E-state index in [4.69, 9.17) is 14.6 Å². The number of ether oxygens (including phenoxy) is 2. The molecule has 1 aliphatic carbocycles. The highest BCUT2D eigenvalue weighted by atomic mass is 16.6. The van der Waals surface area contributed by atoms with E-state index in [1.807, 2.05) is 44.2 Å². The van der Waals surface area contributed by atoms with E-state index in [-0.39, 0.29) is 16.8 Å². The summed E-state index contributed by atoms with van der Waals surface area (Å²) in [6.07, 6.45) is 3.66. The molecule has 0 unspecified atom stereocenters. The Kier molecular flexibility index (Phi) is 9.24. The standard InChI is InChI=1S/C35H42N6O6/c1-21-16-25(41-32(44)37-30(42)29(39-41)36-33(45)47-34(3,4)5)17-22(2)27(21)18-24-19-28(35(6)14-8-9-15-35)31(43)40(38-24)20-23-10-12-26(46-7)13-11-23/h10-13,16-17,19H,8-9,14-15,18,20H2,1-7H3,(H,36,39,45)(H,37,42,44). The van der Waals surface area contributed by atoms with E-state index in [1.54, 1.807) is 44.7 Å². The number of nitrogens with zero attached hydrogens (tertiary/aromatic N) is 4. The molecule has 1 fully saturated rings. The summed E-state index contributed by atoms with van der Waals surface area (Å²) in [6, 6.07) is 13.2. The lowest BCUT2D eigenvalue weighted by Crippen LogP contribution is -2.36. The second-order valence-corrected chi connectivity index (χ2v) is 13.5. The molecular weight excluding hydrogens is 600 g/mol.